The minimum absolute atomic E-state index is 0.169. The van der Waals surface area contributed by atoms with E-state index >= 15 is 0 Å². The molecule has 5 rings (SSSR count). The summed E-state index contributed by atoms with van der Waals surface area (Å²) in [4.78, 5) is 9.39. The van der Waals surface area contributed by atoms with Gasteiger partial charge in [0.25, 0.3) is 10.0 Å². The second kappa shape index (κ2) is 9.79. The van der Waals surface area contributed by atoms with Crippen molar-refractivity contribution in [1.82, 2.24) is 15.3 Å². The van der Waals surface area contributed by atoms with Crippen molar-refractivity contribution in [2.45, 2.75) is 23.8 Å². The van der Waals surface area contributed by atoms with Crippen LogP contribution in [0.2, 0.25) is 5.02 Å². The van der Waals surface area contributed by atoms with Gasteiger partial charge >= 0.3 is 0 Å². The summed E-state index contributed by atoms with van der Waals surface area (Å²) in [6.45, 7) is 0.999. The third kappa shape index (κ3) is 5.39. The van der Waals surface area contributed by atoms with Crippen molar-refractivity contribution in [3.05, 3.63) is 70.6 Å². The van der Waals surface area contributed by atoms with Gasteiger partial charge in [-0.15, -0.1) is 11.3 Å². The lowest BCUT2D eigenvalue weighted by molar-refractivity contribution is 0.595. The SMILES string of the molecule is O=S(=O)(Nc1ccc(Nc2ncnc3cc(C#C[C@H]4CCCN4)sc23)cc1Cl)c1cccc(F)c1. The fourth-order valence-electron chi connectivity index (χ4n) is 3.62. The molecule has 7 nitrogen and oxygen atoms in total. The van der Waals surface area contributed by atoms with Crippen LogP contribution in [0, 0.1) is 17.7 Å². The third-order valence-electron chi connectivity index (χ3n) is 5.32. The highest BCUT2D eigenvalue weighted by Crippen LogP contribution is 2.33. The van der Waals surface area contributed by atoms with E-state index < -0.39 is 15.8 Å². The Morgan fingerprint density at radius 2 is 2.06 bits per heavy atom. The maximum absolute atomic E-state index is 13.5. The summed E-state index contributed by atoms with van der Waals surface area (Å²) in [7, 11) is -4.00. The van der Waals surface area contributed by atoms with Crippen LogP contribution in [-0.2, 0) is 10.0 Å². The standard InChI is InChI=1S/C24H19ClFN5O2S2/c25-20-12-17(7-9-21(20)31-35(32,33)19-5-1-3-15(26)11-19)30-24-23-22(28-14-29-24)13-18(34-23)8-6-16-4-2-10-27-16/h1,3,5,7,9,11-14,16,27,31H,2,4,10H2,(H,28,29,30)/t16-/m1/s1. The summed E-state index contributed by atoms with van der Waals surface area (Å²) in [5.74, 6) is 6.43. The average Bonchev–Trinajstić information content (AvgIpc) is 3.49. The molecule has 3 N–H and O–H groups in total. The molecule has 3 heterocycles. The van der Waals surface area contributed by atoms with Gasteiger partial charge in [0.1, 0.15) is 12.1 Å². The molecule has 2 aromatic heterocycles. The molecule has 0 radical (unpaired) electrons. The molecule has 1 aliphatic heterocycles. The molecule has 0 unspecified atom stereocenters. The molecule has 1 saturated heterocycles. The fraction of sp³-hybridized carbons (Fsp3) is 0.167. The van der Waals surface area contributed by atoms with Crippen molar-refractivity contribution >= 4 is 60.4 Å². The fourth-order valence-corrected chi connectivity index (χ4v) is 5.93. The Bertz CT molecular complexity index is 1570. The Labute approximate surface area is 210 Å². The molecule has 0 aliphatic carbocycles. The zero-order valence-electron chi connectivity index (χ0n) is 18.2. The van der Waals surface area contributed by atoms with E-state index in [1.165, 1.54) is 41.9 Å². The first kappa shape index (κ1) is 23.5. The van der Waals surface area contributed by atoms with Gasteiger partial charge in [0.15, 0.2) is 5.82 Å². The number of hydrogen-bond donors (Lipinski definition) is 3. The lowest BCUT2D eigenvalue weighted by atomic mass is 10.2. The van der Waals surface area contributed by atoms with E-state index in [4.69, 9.17) is 11.6 Å². The number of aromatic nitrogens is 2. The van der Waals surface area contributed by atoms with Crippen LogP contribution in [0.3, 0.4) is 0 Å². The maximum Gasteiger partial charge on any atom is 0.262 e. The van der Waals surface area contributed by atoms with Crippen LogP contribution in [0.15, 0.2) is 59.8 Å². The summed E-state index contributed by atoms with van der Waals surface area (Å²) in [5, 5.41) is 6.74. The first-order valence-electron chi connectivity index (χ1n) is 10.7. The Kier molecular flexibility index (Phi) is 6.58. The molecule has 1 fully saturated rings. The Balaban J connectivity index is 1.36. The molecular weight excluding hydrogens is 509 g/mol. The number of fused-ring (bicyclic) bond motifs is 1. The number of halogens is 2. The zero-order chi connectivity index (χ0) is 24.4. The molecule has 1 atom stereocenters. The quantitative estimate of drug-likeness (QED) is 0.311. The summed E-state index contributed by atoms with van der Waals surface area (Å²) < 4.78 is 41.9. The van der Waals surface area contributed by atoms with E-state index in [1.807, 2.05) is 6.07 Å². The van der Waals surface area contributed by atoms with Crippen molar-refractivity contribution in [3.63, 3.8) is 0 Å². The van der Waals surface area contributed by atoms with Crippen LogP contribution < -0.4 is 15.4 Å². The van der Waals surface area contributed by atoms with Gasteiger partial charge in [-0.2, -0.15) is 0 Å². The predicted molar refractivity (Wildman–Crippen MR) is 137 cm³/mol. The maximum atomic E-state index is 13.5. The molecule has 0 bridgehead atoms. The van der Waals surface area contributed by atoms with Crippen LogP contribution in [0.1, 0.15) is 17.7 Å². The summed E-state index contributed by atoms with van der Waals surface area (Å²) in [6, 6.07) is 11.7. The Hall–Kier alpha value is -3.23. The van der Waals surface area contributed by atoms with Gasteiger partial charge in [-0.05, 0) is 61.9 Å². The molecule has 35 heavy (non-hydrogen) atoms. The first-order valence-corrected chi connectivity index (χ1v) is 13.4. The predicted octanol–water partition coefficient (Wildman–Crippen LogP) is 5.13. The average molecular weight is 528 g/mol. The topological polar surface area (TPSA) is 96.0 Å². The summed E-state index contributed by atoms with van der Waals surface area (Å²) >= 11 is 7.85. The van der Waals surface area contributed by atoms with Crippen LogP contribution in [-0.4, -0.2) is 31.0 Å². The smallest absolute Gasteiger partial charge is 0.262 e. The van der Waals surface area contributed by atoms with Crippen molar-refractivity contribution < 1.29 is 12.8 Å². The molecule has 0 amide bonds. The van der Waals surface area contributed by atoms with E-state index in [0.29, 0.717) is 11.5 Å². The molecule has 178 valence electrons. The lowest BCUT2D eigenvalue weighted by Crippen LogP contribution is -2.18. The minimum Gasteiger partial charge on any atom is -0.339 e. The molecule has 0 spiro atoms. The van der Waals surface area contributed by atoms with Gasteiger partial charge in [0.2, 0.25) is 0 Å². The molecule has 4 aromatic rings. The highest BCUT2D eigenvalue weighted by molar-refractivity contribution is 7.92. The van der Waals surface area contributed by atoms with Crippen molar-refractivity contribution in [2.24, 2.45) is 0 Å². The van der Waals surface area contributed by atoms with E-state index in [0.717, 1.165) is 40.5 Å². The first-order chi connectivity index (χ1) is 16.9. The normalized spacial score (nSPS) is 15.5. The van der Waals surface area contributed by atoms with Crippen molar-refractivity contribution in [1.29, 1.82) is 0 Å². The largest absolute Gasteiger partial charge is 0.339 e. The molecule has 11 heteroatoms. The van der Waals surface area contributed by atoms with E-state index in [1.54, 1.807) is 12.1 Å². The zero-order valence-corrected chi connectivity index (χ0v) is 20.6. The van der Waals surface area contributed by atoms with Gasteiger partial charge in [0, 0.05) is 5.69 Å². The molecule has 0 saturated carbocycles. The Morgan fingerprint density at radius 1 is 1.17 bits per heavy atom. The van der Waals surface area contributed by atoms with Crippen LogP contribution >= 0.6 is 22.9 Å². The second-order valence-corrected chi connectivity index (χ2v) is 11.0. The lowest BCUT2D eigenvalue weighted by Gasteiger charge is -2.12. The summed E-state index contributed by atoms with van der Waals surface area (Å²) in [5.41, 5.74) is 1.56. The van der Waals surface area contributed by atoms with Gasteiger partial charge in [-0.3, -0.25) is 4.72 Å². The number of hydrogen-bond acceptors (Lipinski definition) is 7. The molecule has 2 aromatic carbocycles. The molecular formula is C24H19ClFN5O2S2. The van der Waals surface area contributed by atoms with Crippen LogP contribution in [0.25, 0.3) is 10.2 Å². The van der Waals surface area contributed by atoms with Gasteiger partial charge in [-0.1, -0.05) is 29.5 Å². The highest BCUT2D eigenvalue weighted by atomic mass is 35.5. The number of thiophene rings is 1. The summed E-state index contributed by atoms with van der Waals surface area (Å²) in [6.07, 6.45) is 3.66. The van der Waals surface area contributed by atoms with E-state index in [-0.39, 0.29) is 21.6 Å². The third-order valence-corrected chi connectivity index (χ3v) is 8.05. The van der Waals surface area contributed by atoms with Crippen LogP contribution in [0.5, 0.6) is 0 Å². The van der Waals surface area contributed by atoms with Gasteiger partial charge < -0.3 is 10.6 Å². The highest BCUT2D eigenvalue weighted by Gasteiger charge is 2.17. The van der Waals surface area contributed by atoms with Crippen molar-refractivity contribution in [3.8, 4) is 11.8 Å². The number of nitrogens with one attached hydrogen (secondary N) is 3. The molecule has 1 aliphatic rings. The number of anilines is 3. The minimum atomic E-state index is -4.00. The second-order valence-electron chi connectivity index (χ2n) is 7.85. The van der Waals surface area contributed by atoms with E-state index in [9.17, 15) is 12.8 Å². The van der Waals surface area contributed by atoms with Gasteiger partial charge in [-0.25, -0.2) is 22.8 Å². The number of sulfonamides is 1. The van der Waals surface area contributed by atoms with Crippen molar-refractivity contribution in [2.75, 3.05) is 16.6 Å². The Morgan fingerprint density at radius 3 is 2.83 bits per heavy atom. The number of rotatable bonds is 5. The van der Waals surface area contributed by atoms with Crippen LogP contribution in [0.4, 0.5) is 21.6 Å². The monoisotopic (exact) mass is 527 g/mol. The number of nitrogens with zero attached hydrogens (tertiary/aromatic N) is 2. The number of benzene rings is 2. The van der Waals surface area contributed by atoms with E-state index in [2.05, 4.69) is 37.2 Å². The van der Waals surface area contributed by atoms with Gasteiger partial charge in [0.05, 0.1) is 36.7 Å².